The van der Waals surface area contributed by atoms with E-state index < -0.39 is 6.10 Å². The lowest BCUT2D eigenvalue weighted by Gasteiger charge is -2.26. The van der Waals surface area contributed by atoms with E-state index in [9.17, 15) is 5.11 Å². The molecule has 1 aliphatic rings. The second kappa shape index (κ2) is 8.31. The fourth-order valence-corrected chi connectivity index (χ4v) is 2.96. The van der Waals surface area contributed by atoms with Gasteiger partial charge in [0.05, 0.1) is 19.3 Å². The van der Waals surface area contributed by atoms with Crippen LogP contribution in [0.15, 0.2) is 41.8 Å². The third-order valence-corrected chi connectivity index (χ3v) is 4.30. The van der Waals surface area contributed by atoms with E-state index in [4.69, 9.17) is 14.2 Å². The van der Waals surface area contributed by atoms with Crippen molar-refractivity contribution in [3.63, 3.8) is 0 Å². The SMILES string of the molecule is O[C@H](CNC[C@@H]1COc2ccccc2O1)COCc1cccs1. The van der Waals surface area contributed by atoms with Gasteiger partial charge < -0.3 is 24.6 Å². The first-order valence-corrected chi connectivity index (χ1v) is 8.56. The second-order valence-electron chi connectivity index (χ2n) is 5.40. The molecule has 2 heterocycles. The van der Waals surface area contributed by atoms with Crippen LogP contribution >= 0.6 is 11.3 Å². The van der Waals surface area contributed by atoms with Crippen LogP contribution in [0.5, 0.6) is 11.5 Å². The van der Waals surface area contributed by atoms with E-state index in [1.807, 2.05) is 41.8 Å². The van der Waals surface area contributed by atoms with Crippen LogP contribution in [0.25, 0.3) is 0 Å². The van der Waals surface area contributed by atoms with Crippen molar-refractivity contribution >= 4 is 11.3 Å². The summed E-state index contributed by atoms with van der Waals surface area (Å²) in [7, 11) is 0. The number of hydrogen-bond acceptors (Lipinski definition) is 6. The maximum Gasteiger partial charge on any atom is 0.161 e. The molecular formula is C17H21NO4S. The number of aliphatic hydroxyl groups excluding tert-OH is 1. The first kappa shape index (κ1) is 16.3. The van der Waals surface area contributed by atoms with Gasteiger partial charge in [-0.3, -0.25) is 0 Å². The highest BCUT2D eigenvalue weighted by molar-refractivity contribution is 7.09. The maximum atomic E-state index is 9.91. The fraction of sp³-hybridized carbons (Fsp3) is 0.412. The molecule has 5 nitrogen and oxygen atoms in total. The number of benzene rings is 1. The summed E-state index contributed by atoms with van der Waals surface area (Å²) < 4.78 is 17.0. The topological polar surface area (TPSA) is 60.0 Å². The standard InChI is InChI=1S/C17H21NO4S/c19-13(10-20-12-15-4-3-7-23-15)8-18-9-14-11-21-16-5-1-2-6-17(16)22-14/h1-7,13-14,18-19H,8-12H2/t13-,14-/m1/s1. The first-order chi connectivity index (χ1) is 11.3. The highest BCUT2D eigenvalue weighted by atomic mass is 32.1. The van der Waals surface area contributed by atoms with Crippen molar-refractivity contribution in [3.05, 3.63) is 46.7 Å². The Morgan fingerprint density at radius 2 is 2.13 bits per heavy atom. The third-order valence-electron chi connectivity index (χ3n) is 3.45. The molecule has 124 valence electrons. The highest BCUT2D eigenvalue weighted by Gasteiger charge is 2.20. The summed E-state index contributed by atoms with van der Waals surface area (Å²) in [5.41, 5.74) is 0. The van der Waals surface area contributed by atoms with Gasteiger partial charge in [0.2, 0.25) is 0 Å². The summed E-state index contributed by atoms with van der Waals surface area (Å²) in [6.07, 6.45) is -0.587. The molecule has 2 N–H and O–H groups in total. The lowest BCUT2D eigenvalue weighted by molar-refractivity contribution is 0.0268. The number of nitrogens with one attached hydrogen (secondary N) is 1. The van der Waals surface area contributed by atoms with E-state index in [-0.39, 0.29) is 6.10 Å². The molecule has 0 saturated heterocycles. The first-order valence-electron chi connectivity index (χ1n) is 7.68. The average Bonchev–Trinajstić information content (AvgIpc) is 3.08. The predicted molar refractivity (Wildman–Crippen MR) is 89.2 cm³/mol. The number of ether oxygens (including phenoxy) is 3. The summed E-state index contributed by atoms with van der Waals surface area (Å²) in [6, 6.07) is 11.7. The van der Waals surface area contributed by atoms with Gasteiger partial charge in [-0.2, -0.15) is 0 Å². The smallest absolute Gasteiger partial charge is 0.161 e. The van der Waals surface area contributed by atoms with Crippen LogP contribution < -0.4 is 14.8 Å². The zero-order chi connectivity index (χ0) is 15.9. The third kappa shape index (κ3) is 4.94. The molecule has 0 radical (unpaired) electrons. The van der Waals surface area contributed by atoms with E-state index in [2.05, 4.69) is 5.32 Å². The Kier molecular flexibility index (Phi) is 5.87. The van der Waals surface area contributed by atoms with E-state index in [1.54, 1.807) is 11.3 Å². The number of hydrogen-bond donors (Lipinski definition) is 2. The predicted octanol–water partition coefficient (Wildman–Crippen LogP) is 2.06. The maximum absolute atomic E-state index is 9.91. The largest absolute Gasteiger partial charge is 0.486 e. The van der Waals surface area contributed by atoms with Crippen molar-refractivity contribution in [3.8, 4) is 11.5 Å². The van der Waals surface area contributed by atoms with Gasteiger partial charge in [0.25, 0.3) is 0 Å². The molecule has 1 aromatic carbocycles. The second-order valence-corrected chi connectivity index (χ2v) is 6.44. The van der Waals surface area contributed by atoms with Crippen molar-refractivity contribution in [2.45, 2.75) is 18.8 Å². The van der Waals surface area contributed by atoms with Crippen LogP contribution in [0, 0.1) is 0 Å². The fourth-order valence-electron chi connectivity index (χ4n) is 2.32. The molecular weight excluding hydrogens is 314 g/mol. The number of para-hydroxylation sites is 2. The summed E-state index contributed by atoms with van der Waals surface area (Å²) in [4.78, 5) is 1.16. The monoisotopic (exact) mass is 335 g/mol. The van der Waals surface area contributed by atoms with E-state index in [0.29, 0.717) is 32.9 Å². The van der Waals surface area contributed by atoms with Crippen LogP contribution in [0.3, 0.4) is 0 Å². The lowest BCUT2D eigenvalue weighted by Crippen LogP contribution is -2.41. The molecule has 1 aromatic heterocycles. The van der Waals surface area contributed by atoms with Gasteiger partial charge in [0.15, 0.2) is 11.5 Å². The van der Waals surface area contributed by atoms with Gasteiger partial charge in [-0.05, 0) is 23.6 Å². The molecule has 0 aliphatic carbocycles. The molecule has 0 fully saturated rings. The van der Waals surface area contributed by atoms with Crippen molar-refractivity contribution in [2.75, 3.05) is 26.3 Å². The van der Waals surface area contributed by atoms with Crippen LogP contribution in [0.4, 0.5) is 0 Å². The molecule has 0 unspecified atom stereocenters. The van der Waals surface area contributed by atoms with Crippen molar-refractivity contribution in [2.24, 2.45) is 0 Å². The summed E-state index contributed by atoms with van der Waals surface area (Å²) in [6.45, 7) is 2.46. The average molecular weight is 335 g/mol. The number of aliphatic hydroxyl groups is 1. The lowest BCUT2D eigenvalue weighted by atomic mass is 10.2. The van der Waals surface area contributed by atoms with Crippen LogP contribution in [0.2, 0.25) is 0 Å². The van der Waals surface area contributed by atoms with E-state index >= 15 is 0 Å². The Morgan fingerprint density at radius 1 is 1.26 bits per heavy atom. The minimum Gasteiger partial charge on any atom is -0.486 e. The van der Waals surface area contributed by atoms with Gasteiger partial charge in [0.1, 0.15) is 12.7 Å². The molecule has 0 saturated carbocycles. The molecule has 23 heavy (non-hydrogen) atoms. The molecule has 0 amide bonds. The zero-order valence-electron chi connectivity index (χ0n) is 12.8. The van der Waals surface area contributed by atoms with Crippen molar-refractivity contribution < 1.29 is 19.3 Å². The van der Waals surface area contributed by atoms with Crippen LogP contribution in [0.1, 0.15) is 4.88 Å². The number of fused-ring (bicyclic) bond motifs is 1. The molecule has 3 rings (SSSR count). The number of thiophene rings is 1. The molecule has 6 heteroatoms. The Bertz CT molecular complexity index is 590. The highest BCUT2D eigenvalue weighted by Crippen LogP contribution is 2.30. The van der Waals surface area contributed by atoms with Gasteiger partial charge in [-0.25, -0.2) is 0 Å². The summed E-state index contributed by atoms with van der Waals surface area (Å²) >= 11 is 1.65. The van der Waals surface area contributed by atoms with Gasteiger partial charge in [-0.15, -0.1) is 11.3 Å². The zero-order valence-corrected chi connectivity index (χ0v) is 13.6. The minimum absolute atomic E-state index is 0.0517. The normalized spacial score (nSPS) is 17.9. The number of rotatable bonds is 8. The summed E-state index contributed by atoms with van der Waals surface area (Å²) in [5.74, 6) is 1.55. The van der Waals surface area contributed by atoms with Gasteiger partial charge in [-0.1, -0.05) is 18.2 Å². The molecule has 0 spiro atoms. The van der Waals surface area contributed by atoms with E-state index in [0.717, 1.165) is 16.4 Å². The molecule has 2 atom stereocenters. The Labute approximate surface area is 139 Å². The molecule has 2 aromatic rings. The van der Waals surface area contributed by atoms with Crippen molar-refractivity contribution in [1.29, 1.82) is 0 Å². The van der Waals surface area contributed by atoms with Crippen LogP contribution in [-0.4, -0.2) is 43.6 Å². The van der Waals surface area contributed by atoms with Crippen LogP contribution in [-0.2, 0) is 11.3 Å². The van der Waals surface area contributed by atoms with Gasteiger partial charge >= 0.3 is 0 Å². The Hall–Kier alpha value is -1.60. The van der Waals surface area contributed by atoms with E-state index in [1.165, 1.54) is 0 Å². The Balaban J connectivity index is 1.30. The quantitative estimate of drug-likeness (QED) is 0.773. The summed E-state index contributed by atoms with van der Waals surface area (Å²) in [5, 5.41) is 15.1. The van der Waals surface area contributed by atoms with Crippen molar-refractivity contribution in [1.82, 2.24) is 5.32 Å². The Morgan fingerprint density at radius 3 is 2.96 bits per heavy atom. The molecule has 1 aliphatic heterocycles. The minimum atomic E-state index is -0.535. The molecule has 0 bridgehead atoms. The van der Waals surface area contributed by atoms with Gasteiger partial charge in [0, 0.05) is 18.0 Å².